The van der Waals surface area contributed by atoms with E-state index in [2.05, 4.69) is 9.97 Å². The third kappa shape index (κ3) is 5.83. The van der Waals surface area contributed by atoms with Gasteiger partial charge in [-0.3, -0.25) is 0 Å². The summed E-state index contributed by atoms with van der Waals surface area (Å²) in [7, 11) is 0. The van der Waals surface area contributed by atoms with Crippen LogP contribution in [0.25, 0.3) is 0 Å². The zero-order valence-electron chi connectivity index (χ0n) is 17.9. The van der Waals surface area contributed by atoms with Crippen LogP contribution in [0.3, 0.4) is 0 Å². The van der Waals surface area contributed by atoms with Crippen LogP contribution in [0.5, 0.6) is 0 Å². The quantitative estimate of drug-likeness (QED) is 0.419. The fraction of sp³-hybridized carbons (Fsp3) is 0.700. The standard InChI is InChI=1S/C20H31N3O4S/c1-12(2)26-17(24)15-13(3)21-18(28-7)22-16(15)14-8-10-23(11-9-14)19(25)27-20(4,5)6/h12,14H,8-11H2,1-7H3. The molecule has 1 fully saturated rings. The first-order valence-electron chi connectivity index (χ1n) is 9.63. The Bertz CT molecular complexity index is 723. The largest absolute Gasteiger partial charge is 0.459 e. The molecule has 0 unspecified atom stereocenters. The summed E-state index contributed by atoms with van der Waals surface area (Å²) in [5, 5.41) is 0.642. The van der Waals surface area contributed by atoms with Crippen molar-refractivity contribution in [2.75, 3.05) is 19.3 Å². The molecule has 0 aromatic carbocycles. The highest BCUT2D eigenvalue weighted by Gasteiger charge is 2.32. The lowest BCUT2D eigenvalue weighted by molar-refractivity contribution is 0.0200. The number of aryl methyl sites for hydroxylation is 1. The Morgan fingerprint density at radius 2 is 1.79 bits per heavy atom. The molecule has 0 atom stereocenters. The first-order valence-corrected chi connectivity index (χ1v) is 10.9. The summed E-state index contributed by atoms with van der Waals surface area (Å²) in [6.07, 6.45) is 2.83. The van der Waals surface area contributed by atoms with Gasteiger partial charge >= 0.3 is 12.1 Å². The highest BCUT2D eigenvalue weighted by Crippen LogP contribution is 2.32. The van der Waals surface area contributed by atoms with Gasteiger partial charge in [-0.2, -0.15) is 0 Å². The number of carbonyl (C=O) groups excluding carboxylic acids is 2. The number of ether oxygens (including phenoxy) is 2. The Morgan fingerprint density at radius 3 is 2.29 bits per heavy atom. The number of rotatable bonds is 4. The van der Waals surface area contributed by atoms with Crippen molar-refractivity contribution in [1.82, 2.24) is 14.9 Å². The zero-order chi connectivity index (χ0) is 21.1. The van der Waals surface area contributed by atoms with Crippen molar-refractivity contribution in [2.24, 2.45) is 0 Å². The number of hydrogen-bond donors (Lipinski definition) is 0. The minimum absolute atomic E-state index is 0.0704. The molecule has 1 saturated heterocycles. The molecule has 0 aliphatic carbocycles. The molecule has 1 aliphatic heterocycles. The monoisotopic (exact) mass is 409 g/mol. The van der Waals surface area contributed by atoms with E-state index in [-0.39, 0.29) is 24.1 Å². The first kappa shape index (κ1) is 22.5. The van der Waals surface area contributed by atoms with E-state index in [0.29, 0.717) is 42.3 Å². The molecule has 0 radical (unpaired) electrons. The maximum absolute atomic E-state index is 12.7. The normalized spacial score (nSPS) is 15.6. The Morgan fingerprint density at radius 1 is 1.18 bits per heavy atom. The van der Waals surface area contributed by atoms with Crippen molar-refractivity contribution in [1.29, 1.82) is 0 Å². The van der Waals surface area contributed by atoms with Crippen LogP contribution in [0.15, 0.2) is 5.16 Å². The predicted molar refractivity (Wildman–Crippen MR) is 109 cm³/mol. The van der Waals surface area contributed by atoms with Gasteiger partial charge in [0.25, 0.3) is 0 Å². The average Bonchev–Trinajstić information content (AvgIpc) is 2.58. The predicted octanol–water partition coefficient (Wildman–Crippen LogP) is 4.19. The van der Waals surface area contributed by atoms with Crippen LogP contribution in [-0.2, 0) is 9.47 Å². The number of carbonyl (C=O) groups is 2. The van der Waals surface area contributed by atoms with Crippen molar-refractivity contribution in [3.8, 4) is 0 Å². The van der Waals surface area contributed by atoms with Crippen LogP contribution in [0.1, 0.15) is 75.1 Å². The van der Waals surface area contributed by atoms with Gasteiger partial charge in [0.05, 0.1) is 17.5 Å². The summed E-state index contributed by atoms with van der Waals surface area (Å²) in [6, 6.07) is 0. The minimum Gasteiger partial charge on any atom is -0.459 e. The summed E-state index contributed by atoms with van der Waals surface area (Å²) in [6.45, 7) is 12.2. The fourth-order valence-electron chi connectivity index (χ4n) is 3.14. The van der Waals surface area contributed by atoms with E-state index in [1.165, 1.54) is 11.8 Å². The van der Waals surface area contributed by atoms with E-state index in [9.17, 15) is 9.59 Å². The molecule has 8 heteroatoms. The van der Waals surface area contributed by atoms with E-state index in [4.69, 9.17) is 9.47 Å². The van der Waals surface area contributed by atoms with E-state index in [1.54, 1.807) is 4.90 Å². The Kier molecular flexibility index (Phi) is 7.31. The lowest BCUT2D eigenvalue weighted by atomic mass is 9.90. The van der Waals surface area contributed by atoms with E-state index in [1.807, 2.05) is 47.8 Å². The van der Waals surface area contributed by atoms with Crippen LogP contribution in [-0.4, -0.2) is 58.0 Å². The van der Waals surface area contributed by atoms with Gasteiger partial charge in [-0.25, -0.2) is 19.6 Å². The van der Waals surface area contributed by atoms with Gasteiger partial charge in [-0.15, -0.1) is 0 Å². The number of esters is 1. The highest BCUT2D eigenvalue weighted by atomic mass is 32.2. The van der Waals surface area contributed by atoms with Crippen molar-refractivity contribution in [3.05, 3.63) is 17.0 Å². The van der Waals surface area contributed by atoms with Gasteiger partial charge in [0.15, 0.2) is 5.16 Å². The average molecular weight is 410 g/mol. The van der Waals surface area contributed by atoms with E-state index < -0.39 is 5.60 Å². The number of thioether (sulfide) groups is 1. The number of likely N-dealkylation sites (tertiary alicyclic amines) is 1. The first-order chi connectivity index (χ1) is 13.0. The number of piperidine rings is 1. The number of aromatic nitrogens is 2. The van der Waals surface area contributed by atoms with Crippen LogP contribution < -0.4 is 0 Å². The SMILES string of the molecule is CSc1nc(C)c(C(=O)OC(C)C)c(C2CCN(C(=O)OC(C)(C)C)CC2)n1. The number of nitrogens with zero attached hydrogens (tertiary/aromatic N) is 3. The van der Waals surface area contributed by atoms with Crippen molar-refractivity contribution in [3.63, 3.8) is 0 Å². The second kappa shape index (κ2) is 9.11. The lowest BCUT2D eigenvalue weighted by Crippen LogP contribution is -2.41. The van der Waals surface area contributed by atoms with Crippen molar-refractivity contribution in [2.45, 2.75) is 77.2 Å². The fourth-order valence-corrected chi connectivity index (χ4v) is 3.56. The van der Waals surface area contributed by atoms with Gasteiger partial charge in [0.1, 0.15) is 11.2 Å². The Balaban J connectivity index is 2.22. The molecule has 0 saturated carbocycles. The summed E-state index contributed by atoms with van der Waals surface area (Å²) in [4.78, 5) is 35.8. The third-order valence-electron chi connectivity index (χ3n) is 4.36. The number of amides is 1. The minimum atomic E-state index is -0.515. The van der Waals surface area contributed by atoms with Gasteiger partial charge < -0.3 is 14.4 Å². The Hall–Kier alpha value is -1.83. The van der Waals surface area contributed by atoms with Gasteiger partial charge in [0.2, 0.25) is 0 Å². The second-order valence-corrected chi connectivity index (χ2v) is 9.03. The van der Waals surface area contributed by atoms with Crippen LogP contribution >= 0.6 is 11.8 Å². The topological polar surface area (TPSA) is 81.6 Å². The molecule has 156 valence electrons. The molecule has 0 spiro atoms. The van der Waals surface area contributed by atoms with Crippen LogP contribution in [0.2, 0.25) is 0 Å². The molecule has 1 amide bonds. The van der Waals surface area contributed by atoms with Gasteiger partial charge in [-0.05, 0) is 60.6 Å². The maximum Gasteiger partial charge on any atom is 0.410 e. The van der Waals surface area contributed by atoms with E-state index >= 15 is 0 Å². The zero-order valence-corrected chi connectivity index (χ0v) is 18.7. The smallest absolute Gasteiger partial charge is 0.410 e. The van der Waals surface area contributed by atoms with Crippen LogP contribution in [0.4, 0.5) is 4.79 Å². The Labute approximate surface area is 171 Å². The van der Waals surface area contributed by atoms with Crippen molar-refractivity contribution < 1.29 is 19.1 Å². The molecule has 1 aromatic heterocycles. The molecule has 28 heavy (non-hydrogen) atoms. The van der Waals surface area contributed by atoms with E-state index in [0.717, 1.165) is 5.69 Å². The molecule has 1 aromatic rings. The van der Waals surface area contributed by atoms with Crippen molar-refractivity contribution >= 4 is 23.8 Å². The molecular weight excluding hydrogens is 378 g/mol. The molecule has 0 N–H and O–H groups in total. The summed E-state index contributed by atoms with van der Waals surface area (Å²) in [5.41, 5.74) is 1.31. The molecule has 7 nitrogen and oxygen atoms in total. The summed E-state index contributed by atoms with van der Waals surface area (Å²) < 4.78 is 10.9. The number of hydrogen-bond acceptors (Lipinski definition) is 7. The van der Waals surface area contributed by atoms with Crippen LogP contribution in [0, 0.1) is 6.92 Å². The highest BCUT2D eigenvalue weighted by molar-refractivity contribution is 7.98. The molecule has 2 rings (SSSR count). The molecular formula is C20H31N3O4S. The lowest BCUT2D eigenvalue weighted by Gasteiger charge is -2.33. The molecule has 1 aliphatic rings. The van der Waals surface area contributed by atoms with Gasteiger partial charge in [0, 0.05) is 19.0 Å². The summed E-state index contributed by atoms with van der Waals surface area (Å²) in [5.74, 6) is -0.314. The van der Waals surface area contributed by atoms with Gasteiger partial charge in [-0.1, -0.05) is 11.8 Å². The second-order valence-electron chi connectivity index (χ2n) is 8.25. The molecule has 2 heterocycles. The molecule has 0 bridgehead atoms. The third-order valence-corrected chi connectivity index (χ3v) is 4.91. The summed E-state index contributed by atoms with van der Waals surface area (Å²) >= 11 is 1.45. The maximum atomic E-state index is 12.7.